The van der Waals surface area contributed by atoms with Crippen LogP contribution in [0.5, 0.6) is 0 Å². The van der Waals surface area contributed by atoms with Crippen molar-refractivity contribution >= 4 is 37.3 Å². The number of anilines is 1. The first-order valence-corrected chi connectivity index (χ1v) is 10.3. The molecule has 0 spiro atoms. The Morgan fingerprint density at radius 1 is 0.846 bits per heavy atom. The zero-order valence-corrected chi connectivity index (χ0v) is 15.7. The van der Waals surface area contributed by atoms with Crippen LogP contribution in [0.4, 0.5) is 5.69 Å². The Kier molecular flexibility index (Phi) is 4.22. The maximum Gasteiger partial charge on any atom is 0.264 e. The standard InChI is InChI=1S/C20H16N2O2S2/c1-22(16-7-3-2-4-8-16)26(23,24)17-13-11-15(12-14-17)20-21-18-9-5-6-10-19(18)25-20/h2-14H,1H3. The van der Waals surface area contributed by atoms with E-state index < -0.39 is 10.0 Å². The predicted molar refractivity (Wildman–Crippen MR) is 107 cm³/mol. The average molecular weight is 380 g/mol. The van der Waals surface area contributed by atoms with Crippen LogP contribution in [-0.2, 0) is 10.0 Å². The lowest BCUT2D eigenvalue weighted by atomic mass is 10.2. The molecular formula is C20H16N2O2S2. The van der Waals surface area contributed by atoms with Gasteiger partial charge in [0.05, 0.1) is 20.8 Å². The number of rotatable bonds is 4. The molecule has 0 fully saturated rings. The summed E-state index contributed by atoms with van der Waals surface area (Å²) < 4.78 is 28.1. The molecule has 0 N–H and O–H groups in total. The van der Waals surface area contributed by atoms with E-state index in [0.29, 0.717) is 5.69 Å². The van der Waals surface area contributed by atoms with Gasteiger partial charge in [-0.1, -0.05) is 42.5 Å². The quantitative estimate of drug-likeness (QED) is 0.511. The second kappa shape index (κ2) is 6.55. The average Bonchev–Trinajstić information content (AvgIpc) is 3.12. The maximum absolute atomic E-state index is 12.8. The summed E-state index contributed by atoms with van der Waals surface area (Å²) in [5, 5.41) is 0.881. The van der Waals surface area contributed by atoms with Crippen molar-refractivity contribution in [2.75, 3.05) is 11.4 Å². The van der Waals surface area contributed by atoms with Gasteiger partial charge < -0.3 is 0 Å². The van der Waals surface area contributed by atoms with Crippen molar-refractivity contribution in [3.63, 3.8) is 0 Å². The summed E-state index contributed by atoms with van der Waals surface area (Å²) >= 11 is 1.60. The fraction of sp³-hybridized carbons (Fsp3) is 0.0500. The van der Waals surface area contributed by atoms with Crippen molar-refractivity contribution in [1.29, 1.82) is 0 Å². The Morgan fingerprint density at radius 2 is 1.50 bits per heavy atom. The third-order valence-corrected chi connectivity index (χ3v) is 7.06. The summed E-state index contributed by atoms with van der Waals surface area (Å²) in [5.41, 5.74) is 2.49. The van der Waals surface area contributed by atoms with E-state index in [4.69, 9.17) is 0 Å². The van der Waals surface area contributed by atoms with Gasteiger partial charge in [0.25, 0.3) is 10.0 Å². The molecule has 0 saturated carbocycles. The Bertz CT molecular complexity index is 1120. The molecule has 0 bridgehead atoms. The number of thiazole rings is 1. The van der Waals surface area contributed by atoms with Crippen LogP contribution in [0.1, 0.15) is 0 Å². The van der Waals surface area contributed by atoms with Gasteiger partial charge in [-0.3, -0.25) is 4.31 Å². The molecule has 0 aliphatic rings. The minimum Gasteiger partial charge on any atom is -0.269 e. The molecule has 0 aliphatic carbocycles. The lowest BCUT2D eigenvalue weighted by Crippen LogP contribution is -2.26. The first-order chi connectivity index (χ1) is 12.6. The number of sulfonamides is 1. The summed E-state index contributed by atoms with van der Waals surface area (Å²) in [7, 11) is -2.04. The fourth-order valence-corrected chi connectivity index (χ4v) is 4.87. The van der Waals surface area contributed by atoms with Crippen molar-refractivity contribution in [1.82, 2.24) is 4.98 Å². The smallest absolute Gasteiger partial charge is 0.264 e. The van der Waals surface area contributed by atoms with E-state index in [2.05, 4.69) is 4.98 Å². The monoisotopic (exact) mass is 380 g/mol. The number of benzene rings is 3. The first-order valence-electron chi connectivity index (χ1n) is 8.06. The SMILES string of the molecule is CN(c1ccccc1)S(=O)(=O)c1ccc(-c2nc3ccccc3s2)cc1. The molecule has 4 nitrogen and oxygen atoms in total. The number of hydrogen-bond acceptors (Lipinski definition) is 4. The highest BCUT2D eigenvalue weighted by atomic mass is 32.2. The van der Waals surface area contributed by atoms with E-state index in [1.165, 1.54) is 4.31 Å². The molecular weight excluding hydrogens is 364 g/mol. The number of aromatic nitrogens is 1. The van der Waals surface area contributed by atoms with Crippen LogP contribution in [-0.4, -0.2) is 20.4 Å². The van der Waals surface area contributed by atoms with Crippen LogP contribution in [0.15, 0.2) is 83.8 Å². The van der Waals surface area contributed by atoms with Gasteiger partial charge in [0.2, 0.25) is 0 Å². The largest absolute Gasteiger partial charge is 0.269 e. The molecule has 0 aliphatic heterocycles. The van der Waals surface area contributed by atoms with Crippen LogP contribution >= 0.6 is 11.3 Å². The summed E-state index contributed by atoms with van der Waals surface area (Å²) in [6, 6.07) is 23.9. The molecule has 0 unspecified atom stereocenters. The summed E-state index contributed by atoms with van der Waals surface area (Å²) in [6.45, 7) is 0. The lowest BCUT2D eigenvalue weighted by molar-refractivity contribution is 0.594. The molecule has 4 rings (SSSR count). The Morgan fingerprint density at radius 3 is 2.19 bits per heavy atom. The number of para-hydroxylation sites is 2. The zero-order chi connectivity index (χ0) is 18.1. The number of nitrogens with zero attached hydrogens (tertiary/aromatic N) is 2. The van der Waals surface area contributed by atoms with Gasteiger partial charge in [0.1, 0.15) is 5.01 Å². The van der Waals surface area contributed by atoms with E-state index in [9.17, 15) is 8.42 Å². The van der Waals surface area contributed by atoms with Gasteiger partial charge in [-0.15, -0.1) is 11.3 Å². The Hall–Kier alpha value is -2.70. The van der Waals surface area contributed by atoms with Gasteiger partial charge in [-0.2, -0.15) is 0 Å². The van der Waals surface area contributed by atoms with E-state index in [0.717, 1.165) is 20.8 Å². The molecule has 3 aromatic carbocycles. The van der Waals surface area contributed by atoms with E-state index in [-0.39, 0.29) is 4.90 Å². The summed E-state index contributed by atoms with van der Waals surface area (Å²) in [5.74, 6) is 0. The van der Waals surface area contributed by atoms with Crippen LogP contribution in [0.3, 0.4) is 0 Å². The molecule has 1 heterocycles. The minimum absolute atomic E-state index is 0.258. The van der Waals surface area contributed by atoms with Gasteiger partial charge in [0, 0.05) is 12.6 Å². The van der Waals surface area contributed by atoms with E-state index in [1.807, 2.05) is 54.6 Å². The van der Waals surface area contributed by atoms with Gasteiger partial charge >= 0.3 is 0 Å². The van der Waals surface area contributed by atoms with Crippen LogP contribution in [0.2, 0.25) is 0 Å². The van der Waals surface area contributed by atoms with Crippen LogP contribution in [0.25, 0.3) is 20.8 Å². The minimum atomic E-state index is -3.60. The van der Waals surface area contributed by atoms with E-state index in [1.54, 1.807) is 42.6 Å². The Labute approximate surface area is 156 Å². The second-order valence-electron chi connectivity index (χ2n) is 5.82. The first kappa shape index (κ1) is 16.8. The lowest BCUT2D eigenvalue weighted by Gasteiger charge is -2.19. The third-order valence-electron chi connectivity index (χ3n) is 4.17. The number of hydrogen-bond donors (Lipinski definition) is 0. The van der Waals surface area contributed by atoms with Crippen LogP contribution < -0.4 is 4.31 Å². The summed E-state index contributed by atoms with van der Waals surface area (Å²) in [4.78, 5) is 4.87. The molecule has 4 aromatic rings. The highest BCUT2D eigenvalue weighted by molar-refractivity contribution is 7.92. The number of fused-ring (bicyclic) bond motifs is 1. The Balaban J connectivity index is 1.67. The topological polar surface area (TPSA) is 50.3 Å². The highest BCUT2D eigenvalue weighted by Gasteiger charge is 2.21. The van der Waals surface area contributed by atoms with Gasteiger partial charge in [0.15, 0.2) is 0 Å². The maximum atomic E-state index is 12.8. The van der Waals surface area contributed by atoms with Crippen molar-refractivity contribution in [2.45, 2.75) is 4.90 Å². The predicted octanol–water partition coefficient (Wildman–Crippen LogP) is 4.79. The molecule has 0 atom stereocenters. The molecule has 1 aromatic heterocycles. The van der Waals surface area contributed by atoms with E-state index >= 15 is 0 Å². The van der Waals surface area contributed by atoms with Crippen molar-refractivity contribution in [2.24, 2.45) is 0 Å². The van der Waals surface area contributed by atoms with Crippen molar-refractivity contribution in [3.8, 4) is 10.6 Å². The normalized spacial score (nSPS) is 11.6. The third kappa shape index (κ3) is 2.98. The second-order valence-corrected chi connectivity index (χ2v) is 8.82. The molecule has 0 saturated heterocycles. The molecule has 6 heteroatoms. The molecule has 130 valence electrons. The summed E-state index contributed by atoms with van der Waals surface area (Å²) in [6.07, 6.45) is 0. The van der Waals surface area contributed by atoms with Crippen molar-refractivity contribution in [3.05, 3.63) is 78.9 Å². The molecule has 0 amide bonds. The molecule has 0 radical (unpaired) electrons. The zero-order valence-electron chi connectivity index (χ0n) is 14.0. The fourth-order valence-electron chi connectivity index (χ4n) is 2.70. The highest BCUT2D eigenvalue weighted by Crippen LogP contribution is 2.31. The van der Waals surface area contributed by atoms with Crippen LogP contribution in [0, 0.1) is 0 Å². The van der Waals surface area contributed by atoms with Gasteiger partial charge in [-0.05, 0) is 36.4 Å². The van der Waals surface area contributed by atoms with Crippen molar-refractivity contribution < 1.29 is 8.42 Å². The van der Waals surface area contributed by atoms with Gasteiger partial charge in [-0.25, -0.2) is 13.4 Å². The molecule has 26 heavy (non-hydrogen) atoms.